The molecule has 1 heterocycles. The molecule has 0 spiro atoms. The van der Waals surface area contributed by atoms with Crippen molar-refractivity contribution in [2.75, 3.05) is 27.4 Å². The molecule has 3 rings (SSSR count). The first-order valence-corrected chi connectivity index (χ1v) is 10.1. The maximum absolute atomic E-state index is 12.8. The molecule has 2 aromatic carbocycles. The fourth-order valence-corrected chi connectivity index (χ4v) is 3.16. The quantitative estimate of drug-likeness (QED) is 0.466. The van der Waals surface area contributed by atoms with Crippen LogP contribution in [0, 0.1) is 0 Å². The first kappa shape index (κ1) is 22.6. The summed E-state index contributed by atoms with van der Waals surface area (Å²) in [5.41, 5.74) is 2.87. The van der Waals surface area contributed by atoms with E-state index in [0.29, 0.717) is 29.6 Å². The Labute approximate surface area is 181 Å². The van der Waals surface area contributed by atoms with Crippen LogP contribution in [0.15, 0.2) is 41.4 Å². The van der Waals surface area contributed by atoms with Crippen molar-refractivity contribution >= 4 is 5.96 Å². The van der Waals surface area contributed by atoms with Crippen LogP contribution < -0.4 is 24.8 Å². The number of fused-ring (bicyclic) bond motifs is 1. The number of alkyl halides is 2. The van der Waals surface area contributed by atoms with Gasteiger partial charge in [-0.25, -0.2) is 0 Å². The SMILES string of the molecule is CCN(C)Cc1cccc(CNC(=NC)NCc2cc3c(cc2OC(F)F)OCO3)c1. The van der Waals surface area contributed by atoms with Gasteiger partial charge in [-0.05, 0) is 30.8 Å². The minimum Gasteiger partial charge on any atom is -0.454 e. The van der Waals surface area contributed by atoms with Crippen molar-refractivity contribution in [3.63, 3.8) is 0 Å². The van der Waals surface area contributed by atoms with Crippen LogP contribution in [-0.4, -0.2) is 44.9 Å². The van der Waals surface area contributed by atoms with Gasteiger partial charge >= 0.3 is 6.61 Å². The lowest BCUT2D eigenvalue weighted by Gasteiger charge is -2.16. The molecule has 7 nitrogen and oxygen atoms in total. The maximum atomic E-state index is 12.8. The molecule has 9 heteroatoms. The third-order valence-corrected chi connectivity index (χ3v) is 4.89. The Balaban J connectivity index is 1.61. The molecule has 1 aliphatic heterocycles. The predicted octanol–water partition coefficient (Wildman–Crippen LogP) is 3.33. The van der Waals surface area contributed by atoms with Gasteiger partial charge in [0.2, 0.25) is 6.79 Å². The second-order valence-corrected chi connectivity index (χ2v) is 7.12. The fraction of sp³-hybridized carbons (Fsp3) is 0.409. The van der Waals surface area contributed by atoms with Crippen LogP contribution in [0.1, 0.15) is 23.6 Å². The van der Waals surface area contributed by atoms with E-state index in [2.05, 4.69) is 51.4 Å². The summed E-state index contributed by atoms with van der Waals surface area (Å²) in [5.74, 6) is 1.46. The number of halogens is 2. The van der Waals surface area contributed by atoms with Crippen LogP contribution in [0.25, 0.3) is 0 Å². The number of nitrogens with zero attached hydrogens (tertiary/aromatic N) is 2. The van der Waals surface area contributed by atoms with Gasteiger partial charge in [0.15, 0.2) is 17.5 Å². The summed E-state index contributed by atoms with van der Waals surface area (Å²) in [5, 5.41) is 6.37. The molecule has 1 aliphatic rings. The smallest absolute Gasteiger partial charge is 0.387 e. The number of benzene rings is 2. The molecule has 0 saturated heterocycles. The summed E-state index contributed by atoms with van der Waals surface area (Å²) in [6.45, 7) is 1.90. The van der Waals surface area contributed by atoms with Crippen LogP contribution in [0.2, 0.25) is 0 Å². The lowest BCUT2D eigenvalue weighted by molar-refractivity contribution is -0.0505. The molecule has 0 aliphatic carbocycles. The number of nitrogens with one attached hydrogen (secondary N) is 2. The van der Waals surface area contributed by atoms with Crippen LogP contribution in [0.3, 0.4) is 0 Å². The van der Waals surface area contributed by atoms with Crippen LogP contribution in [0.4, 0.5) is 8.78 Å². The third kappa shape index (κ3) is 6.45. The number of guanidine groups is 1. The summed E-state index contributed by atoms with van der Waals surface area (Å²) in [6.07, 6.45) is 0. The third-order valence-electron chi connectivity index (χ3n) is 4.89. The summed E-state index contributed by atoms with van der Waals surface area (Å²) in [4.78, 5) is 6.44. The zero-order valence-corrected chi connectivity index (χ0v) is 18.0. The van der Waals surface area contributed by atoms with Gasteiger partial charge in [-0.15, -0.1) is 0 Å². The Bertz CT molecular complexity index is 908. The van der Waals surface area contributed by atoms with Gasteiger partial charge in [0, 0.05) is 38.3 Å². The highest BCUT2D eigenvalue weighted by Crippen LogP contribution is 2.38. The zero-order valence-electron chi connectivity index (χ0n) is 18.0. The number of aliphatic imine (C=N–C) groups is 1. The van der Waals surface area contributed by atoms with Crippen LogP contribution >= 0.6 is 0 Å². The Morgan fingerprint density at radius 3 is 2.55 bits per heavy atom. The minimum atomic E-state index is -2.93. The molecule has 0 unspecified atom stereocenters. The van der Waals surface area contributed by atoms with E-state index in [1.165, 1.54) is 11.6 Å². The average molecular weight is 434 g/mol. The van der Waals surface area contributed by atoms with Crippen molar-refractivity contribution in [1.29, 1.82) is 0 Å². The van der Waals surface area contributed by atoms with Gasteiger partial charge in [0.05, 0.1) is 0 Å². The van der Waals surface area contributed by atoms with E-state index in [1.54, 1.807) is 13.1 Å². The Hall–Kier alpha value is -3.07. The summed E-state index contributed by atoms with van der Waals surface area (Å²) < 4.78 is 40.8. The van der Waals surface area contributed by atoms with Crippen molar-refractivity contribution in [3.8, 4) is 17.2 Å². The van der Waals surface area contributed by atoms with Gasteiger partial charge in [-0.2, -0.15) is 8.78 Å². The van der Waals surface area contributed by atoms with Crippen LogP contribution in [-0.2, 0) is 19.6 Å². The van der Waals surface area contributed by atoms with Crippen molar-refractivity contribution in [1.82, 2.24) is 15.5 Å². The Morgan fingerprint density at radius 1 is 1.13 bits per heavy atom. The van der Waals surface area contributed by atoms with Crippen molar-refractivity contribution in [3.05, 3.63) is 53.1 Å². The van der Waals surface area contributed by atoms with Crippen molar-refractivity contribution in [2.45, 2.75) is 33.2 Å². The standard InChI is InChI=1S/C22H28F2N4O3/c1-4-28(3)13-16-7-5-6-15(8-16)11-26-22(25-2)27-12-17-9-19-20(30-14-29-19)10-18(17)31-21(23)24/h5-10,21H,4,11-14H2,1-3H3,(H2,25,26,27). The van der Waals surface area contributed by atoms with Gasteiger partial charge in [-0.1, -0.05) is 31.2 Å². The molecule has 0 amide bonds. The van der Waals surface area contributed by atoms with Gasteiger partial charge < -0.3 is 29.7 Å². The number of hydrogen-bond acceptors (Lipinski definition) is 5. The van der Waals surface area contributed by atoms with Gasteiger partial charge in [0.25, 0.3) is 0 Å². The fourth-order valence-electron chi connectivity index (χ4n) is 3.16. The highest BCUT2D eigenvalue weighted by Gasteiger charge is 2.20. The number of ether oxygens (including phenoxy) is 3. The largest absolute Gasteiger partial charge is 0.454 e. The highest BCUT2D eigenvalue weighted by atomic mass is 19.3. The van der Waals surface area contributed by atoms with E-state index in [1.807, 2.05) is 12.1 Å². The lowest BCUT2D eigenvalue weighted by Crippen LogP contribution is -2.36. The monoisotopic (exact) mass is 434 g/mol. The number of rotatable bonds is 9. The molecule has 2 N–H and O–H groups in total. The molecular formula is C22H28F2N4O3. The van der Waals surface area contributed by atoms with E-state index in [4.69, 9.17) is 9.47 Å². The van der Waals surface area contributed by atoms with E-state index >= 15 is 0 Å². The van der Waals surface area contributed by atoms with Crippen LogP contribution in [0.5, 0.6) is 17.2 Å². The average Bonchev–Trinajstić information content (AvgIpc) is 3.20. The Kier molecular flexibility index (Phi) is 7.88. The van der Waals surface area contributed by atoms with E-state index < -0.39 is 6.61 Å². The van der Waals surface area contributed by atoms with E-state index in [0.717, 1.165) is 18.7 Å². The highest BCUT2D eigenvalue weighted by molar-refractivity contribution is 5.79. The summed E-state index contributed by atoms with van der Waals surface area (Å²) in [7, 11) is 3.73. The molecule has 0 radical (unpaired) electrons. The summed E-state index contributed by atoms with van der Waals surface area (Å²) >= 11 is 0. The van der Waals surface area contributed by atoms with Gasteiger partial charge in [-0.3, -0.25) is 4.99 Å². The second-order valence-electron chi connectivity index (χ2n) is 7.12. The second kappa shape index (κ2) is 10.8. The molecule has 0 saturated carbocycles. The normalized spacial score (nSPS) is 13.1. The zero-order chi connectivity index (χ0) is 22.2. The topological polar surface area (TPSA) is 67.4 Å². The first-order chi connectivity index (χ1) is 15.0. The molecule has 0 atom stereocenters. The minimum absolute atomic E-state index is 0.0370. The molecule has 0 fully saturated rings. The maximum Gasteiger partial charge on any atom is 0.387 e. The predicted molar refractivity (Wildman–Crippen MR) is 115 cm³/mol. The molecule has 2 aromatic rings. The Morgan fingerprint density at radius 2 is 1.84 bits per heavy atom. The molecule has 168 valence electrons. The molecular weight excluding hydrogens is 406 g/mol. The molecule has 0 aromatic heterocycles. The number of hydrogen-bond donors (Lipinski definition) is 2. The molecule has 31 heavy (non-hydrogen) atoms. The van der Waals surface area contributed by atoms with Crippen molar-refractivity contribution in [2.24, 2.45) is 4.99 Å². The van der Waals surface area contributed by atoms with E-state index in [-0.39, 0.29) is 19.1 Å². The lowest BCUT2D eigenvalue weighted by atomic mass is 10.1. The summed E-state index contributed by atoms with van der Waals surface area (Å²) in [6, 6.07) is 11.4. The van der Waals surface area contributed by atoms with E-state index in [9.17, 15) is 8.78 Å². The molecule has 0 bridgehead atoms. The van der Waals surface area contributed by atoms with Crippen molar-refractivity contribution < 1.29 is 23.0 Å². The first-order valence-electron chi connectivity index (χ1n) is 10.1. The van der Waals surface area contributed by atoms with Gasteiger partial charge in [0.1, 0.15) is 5.75 Å².